The van der Waals surface area contributed by atoms with Gasteiger partial charge in [-0.3, -0.25) is 20.4 Å². The topological polar surface area (TPSA) is 86.9 Å². The van der Waals surface area contributed by atoms with Crippen LogP contribution in [0.15, 0.2) is 66.7 Å². The maximum atomic E-state index is 12.4. The molecule has 0 aliphatic heterocycles. The molecule has 1 heterocycles. The number of nitrogens with zero attached hydrogens (tertiary/aromatic N) is 1. The normalized spacial score (nSPS) is 10.8. The summed E-state index contributed by atoms with van der Waals surface area (Å²) in [5.74, 6) is -0.166. The summed E-state index contributed by atoms with van der Waals surface area (Å²) in [5, 5.41) is 1.80. The Bertz CT molecular complexity index is 1080. The Hall–Kier alpha value is -3.67. The van der Waals surface area contributed by atoms with Crippen molar-refractivity contribution in [2.75, 3.05) is 0 Å². The van der Waals surface area contributed by atoms with Gasteiger partial charge >= 0.3 is 0 Å². The van der Waals surface area contributed by atoms with Gasteiger partial charge < -0.3 is 4.98 Å². The minimum Gasteiger partial charge on any atom is -0.342 e. The van der Waals surface area contributed by atoms with Crippen molar-refractivity contribution in [2.45, 2.75) is 6.42 Å². The lowest BCUT2D eigenvalue weighted by molar-refractivity contribution is -0.121. The zero-order chi connectivity index (χ0) is 17.9. The van der Waals surface area contributed by atoms with E-state index in [1.165, 1.54) is 0 Å². The summed E-state index contributed by atoms with van der Waals surface area (Å²) in [7, 11) is 0. The van der Waals surface area contributed by atoms with E-state index in [1.807, 2.05) is 60.7 Å². The molecule has 2 amide bonds. The van der Waals surface area contributed by atoms with Crippen LogP contribution >= 0.6 is 0 Å². The summed E-state index contributed by atoms with van der Waals surface area (Å²) in [6, 6.07) is 20.6. The molecule has 3 N–H and O–H groups in total. The number of aromatic amines is 1. The molecule has 128 valence electrons. The number of fused-ring (bicyclic) bond motifs is 2. The van der Waals surface area contributed by atoms with E-state index in [0.717, 1.165) is 21.8 Å². The predicted molar refractivity (Wildman–Crippen MR) is 99.4 cm³/mol. The molecular weight excluding hydrogens is 328 g/mol. The third kappa shape index (κ3) is 3.12. The van der Waals surface area contributed by atoms with Crippen LogP contribution in [0.4, 0.5) is 0 Å². The van der Waals surface area contributed by atoms with Crippen molar-refractivity contribution in [2.24, 2.45) is 0 Å². The van der Waals surface area contributed by atoms with Gasteiger partial charge in [0.1, 0.15) is 5.82 Å². The number of benzene rings is 3. The lowest BCUT2D eigenvalue weighted by Gasteiger charge is -2.09. The Kier molecular flexibility index (Phi) is 4.07. The highest BCUT2D eigenvalue weighted by Gasteiger charge is 2.12. The van der Waals surface area contributed by atoms with E-state index < -0.39 is 0 Å². The number of hydrogen-bond donors (Lipinski definition) is 3. The second kappa shape index (κ2) is 6.68. The summed E-state index contributed by atoms with van der Waals surface area (Å²) in [5.41, 5.74) is 7.08. The second-order valence-corrected chi connectivity index (χ2v) is 5.91. The molecule has 0 atom stereocenters. The molecule has 0 spiro atoms. The van der Waals surface area contributed by atoms with Crippen LogP contribution in [0.2, 0.25) is 0 Å². The number of carbonyl (C=O) groups excluding carboxylic acids is 2. The average molecular weight is 344 g/mol. The van der Waals surface area contributed by atoms with E-state index >= 15 is 0 Å². The van der Waals surface area contributed by atoms with E-state index in [0.29, 0.717) is 11.4 Å². The first-order valence-corrected chi connectivity index (χ1v) is 8.21. The minimum atomic E-state index is -0.361. The molecule has 4 aromatic rings. The summed E-state index contributed by atoms with van der Waals surface area (Å²) < 4.78 is 0. The first-order valence-electron chi connectivity index (χ1n) is 8.21. The highest BCUT2D eigenvalue weighted by atomic mass is 16.2. The standard InChI is InChI=1S/C20H16N4O2/c25-19(12-18-21-16-10-3-4-11-17(16)22-18)23-24-20(26)15-9-5-7-13-6-1-2-8-14(13)15/h1-11H,12H2,(H,21,22)(H,23,25)(H,24,26). The zero-order valence-electron chi connectivity index (χ0n) is 13.8. The molecule has 3 aromatic carbocycles. The molecule has 0 saturated heterocycles. The van der Waals surface area contributed by atoms with Gasteiger partial charge in [0.2, 0.25) is 5.91 Å². The van der Waals surface area contributed by atoms with Crippen LogP contribution < -0.4 is 10.9 Å². The zero-order valence-corrected chi connectivity index (χ0v) is 13.8. The molecule has 6 heteroatoms. The highest BCUT2D eigenvalue weighted by Crippen LogP contribution is 2.18. The number of hydrogen-bond acceptors (Lipinski definition) is 3. The van der Waals surface area contributed by atoms with Gasteiger partial charge in [-0.05, 0) is 29.0 Å². The van der Waals surface area contributed by atoms with Crippen LogP contribution in [0.3, 0.4) is 0 Å². The van der Waals surface area contributed by atoms with Gasteiger partial charge in [-0.15, -0.1) is 0 Å². The molecule has 0 saturated carbocycles. The van der Waals surface area contributed by atoms with Gasteiger partial charge in [0.25, 0.3) is 5.91 Å². The smallest absolute Gasteiger partial charge is 0.270 e. The van der Waals surface area contributed by atoms with Crippen molar-refractivity contribution < 1.29 is 9.59 Å². The van der Waals surface area contributed by atoms with Crippen LogP contribution in [-0.4, -0.2) is 21.8 Å². The first-order chi connectivity index (χ1) is 12.7. The van der Waals surface area contributed by atoms with Gasteiger partial charge in [0, 0.05) is 5.56 Å². The van der Waals surface area contributed by atoms with E-state index in [4.69, 9.17) is 0 Å². The van der Waals surface area contributed by atoms with Crippen LogP contribution in [0.5, 0.6) is 0 Å². The largest absolute Gasteiger partial charge is 0.342 e. The van der Waals surface area contributed by atoms with E-state index in [1.54, 1.807) is 6.07 Å². The SMILES string of the molecule is O=C(Cc1nc2ccccc2[nH]1)NNC(=O)c1cccc2ccccc12. The summed E-state index contributed by atoms with van der Waals surface area (Å²) in [6.45, 7) is 0. The Labute approximate surface area is 149 Å². The highest BCUT2D eigenvalue weighted by molar-refractivity contribution is 6.07. The average Bonchev–Trinajstić information content (AvgIpc) is 3.07. The number of para-hydroxylation sites is 2. The lowest BCUT2D eigenvalue weighted by Crippen LogP contribution is -2.42. The molecule has 0 unspecified atom stereocenters. The number of amides is 2. The number of carbonyl (C=O) groups is 2. The van der Waals surface area contributed by atoms with Crippen molar-refractivity contribution in [3.05, 3.63) is 78.1 Å². The maximum Gasteiger partial charge on any atom is 0.270 e. The molecule has 4 rings (SSSR count). The van der Waals surface area contributed by atoms with E-state index in [9.17, 15) is 9.59 Å². The number of imidazole rings is 1. The van der Waals surface area contributed by atoms with Crippen molar-refractivity contribution in [3.63, 3.8) is 0 Å². The van der Waals surface area contributed by atoms with Gasteiger partial charge in [-0.1, -0.05) is 48.5 Å². The summed E-state index contributed by atoms with van der Waals surface area (Å²) in [6.07, 6.45) is 0.0461. The third-order valence-electron chi connectivity index (χ3n) is 4.12. The Balaban J connectivity index is 1.43. The third-order valence-corrected chi connectivity index (χ3v) is 4.12. The molecule has 0 fully saturated rings. The van der Waals surface area contributed by atoms with Crippen molar-refractivity contribution >= 4 is 33.6 Å². The number of hydrazine groups is 1. The fourth-order valence-corrected chi connectivity index (χ4v) is 2.90. The van der Waals surface area contributed by atoms with Crippen LogP contribution in [0.1, 0.15) is 16.2 Å². The fourth-order valence-electron chi connectivity index (χ4n) is 2.90. The quantitative estimate of drug-likeness (QED) is 0.500. The van der Waals surface area contributed by atoms with Crippen molar-refractivity contribution in [1.82, 2.24) is 20.8 Å². The molecule has 6 nitrogen and oxygen atoms in total. The monoisotopic (exact) mass is 344 g/mol. The lowest BCUT2D eigenvalue weighted by atomic mass is 10.0. The number of rotatable bonds is 3. The molecule has 26 heavy (non-hydrogen) atoms. The predicted octanol–water partition coefficient (Wildman–Crippen LogP) is 2.72. The summed E-state index contributed by atoms with van der Waals surface area (Å²) in [4.78, 5) is 31.9. The van der Waals surface area contributed by atoms with Crippen molar-refractivity contribution in [1.29, 1.82) is 0 Å². The molecule has 0 bridgehead atoms. The van der Waals surface area contributed by atoms with Crippen LogP contribution in [-0.2, 0) is 11.2 Å². The molecular formula is C20H16N4O2. The van der Waals surface area contributed by atoms with Gasteiger partial charge in [-0.25, -0.2) is 4.98 Å². The molecule has 0 aliphatic rings. The van der Waals surface area contributed by atoms with E-state index in [-0.39, 0.29) is 18.2 Å². The van der Waals surface area contributed by atoms with Crippen LogP contribution in [0, 0.1) is 0 Å². The van der Waals surface area contributed by atoms with Gasteiger partial charge in [-0.2, -0.15) is 0 Å². The number of H-pyrrole nitrogens is 1. The van der Waals surface area contributed by atoms with Crippen LogP contribution in [0.25, 0.3) is 21.8 Å². The molecule has 1 aromatic heterocycles. The Morgan fingerprint density at radius 1 is 0.885 bits per heavy atom. The van der Waals surface area contributed by atoms with Gasteiger partial charge in [0.05, 0.1) is 17.5 Å². The maximum absolute atomic E-state index is 12.4. The number of aromatic nitrogens is 2. The van der Waals surface area contributed by atoms with E-state index in [2.05, 4.69) is 20.8 Å². The number of nitrogens with one attached hydrogen (secondary N) is 3. The Morgan fingerprint density at radius 2 is 1.65 bits per heavy atom. The fraction of sp³-hybridized carbons (Fsp3) is 0.0500. The van der Waals surface area contributed by atoms with Crippen molar-refractivity contribution in [3.8, 4) is 0 Å². The minimum absolute atomic E-state index is 0.0461. The summed E-state index contributed by atoms with van der Waals surface area (Å²) >= 11 is 0. The Morgan fingerprint density at radius 3 is 2.54 bits per heavy atom. The second-order valence-electron chi connectivity index (χ2n) is 5.91. The first kappa shape index (κ1) is 15.8. The van der Waals surface area contributed by atoms with Gasteiger partial charge in [0.15, 0.2) is 0 Å². The molecule has 0 aliphatic carbocycles. The molecule has 0 radical (unpaired) electrons.